The lowest BCUT2D eigenvalue weighted by Gasteiger charge is -2.32. The normalized spacial score (nSPS) is 17.1. The van der Waals surface area contributed by atoms with Crippen molar-refractivity contribution in [3.8, 4) is 11.3 Å². The minimum Gasteiger partial charge on any atom is -0.355 e. The lowest BCUT2D eigenvalue weighted by Crippen LogP contribution is -2.48. The van der Waals surface area contributed by atoms with Gasteiger partial charge in [-0.05, 0) is 31.0 Å². The molecule has 1 saturated heterocycles. The molecule has 1 N–H and O–H groups in total. The summed E-state index contributed by atoms with van der Waals surface area (Å²) in [6.07, 6.45) is 8.66. The standard InChI is InChI=1S/C18H18N6O2/c25-17(15-10-16(26-23-15)13-4-1-6-19-11-13)22-14-5-2-9-24(12-14)18-20-7-3-8-21-18/h1,3-4,6-8,10-11,14H,2,5,9,12H2,(H,22,25). The fraction of sp³-hybridized carbons (Fsp3) is 0.278. The summed E-state index contributed by atoms with van der Waals surface area (Å²) in [7, 11) is 0. The van der Waals surface area contributed by atoms with Gasteiger partial charge in [0, 0.05) is 55.5 Å². The van der Waals surface area contributed by atoms with E-state index < -0.39 is 0 Å². The number of anilines is 1. The van der Waals surface area contributed by atoms with Crippen molar-refractivity contribution in [2.45, 2.75) is 18.9 Å². The second-order valence-corrected chi connectivity index (χ2v) is 6.13. The lowest BCUT2D eigenvalue weighted by molar-refractivity contribution is 0.0924. The maximum Gasteiger partial charge on any atom is 0.273 e. The van der Waals surface area contributed by atoms with Gasteiger partial charge in [-0.1, -0.05) is 5.16 Å². The first-order valence-corrected chi connectivity index (χ1v) is 8.49. The lowest BCUT2D eigenvalue weighted by atomic mass is 10.1. The van der Waals surface area contributed by atoms with Crippen molar-refractivity contribution in [3.63, 3.8) is 0 Å². The van der Waals surface area contributed by atoms with Crippen LogP contribution in [0.15, 0.2) is 53.6 Å². The highest BCUT2D eigenvalue weighted by Gasteiger charge is 2.24. The van der Waals surface area contributed by atoms with Crippen molar-refractivity contribution < 1.29 is 9.32 Å². The zero-order valence-electron chi connectivity index (χ0n) is 14.1. The highest BCUT2D eigenvalue weighted by Crippen LogP contribution is 2.20. The molecular formula is C18H18N6O2. The van der Waals surface area contributed by atoms with E-state index in [4.69, 9.17) is 4.52 Å². The molecule has 0 aliphatic carbocycles. The van der Waals surface area contributed by atoms with Crippen molar-refractivity contribution in [2.24, 2.45) is 0 Å². The van der Waals surface area contributed by atoms with Gasteiger partial charge in [0.15, 0.2) is 11.5 Å². The average Bonchev–Trinajstić information content (AvgIpc) is 3.20. The van der Waals surface area contributed by atoms with Crippen LogP contribution in [-0.2, 0) is 0 Å². The summed E-state index contributed by atoms with van der Waals surface area (Å²) < 4.78 is 5.27. The van der Waals surface area contributed by atoms with Crippen LogP contribution < -0.4 is 10.2 Å². The number of pyridine rings is 1. The number of amides is 1. The van der Waals surface area contributed by atoms with E-state index in [1.807, 2.05) is 6.07 Å². The van der Waals surface area contributed by atoms with Crippen molar-refractivity contribution in [1.29, 1.82) is 0 Å². The molecule has 1 unspecified atom stereocenters. The summed E-state index contributed by atoms with van der Waals surface area (Å²) in [4.78, 5) is 27.2. The average molecular weight is 350 g/mol. The molecule has 0 bridgehead atoms. The van der Waals surface area contributed by atoms with E-state index in [9.17, 15) is 4.79 Å². The monoisotopic (exact) mass is 350 g/mol. The van der Waals surface area contributed by atoms with Crippen LogP contribution in [0.5, 0.6) is 0 Å². The summed E-state index contributed by atoms with van der Waals surface area (Å²) >= 11 is 0. The van der Waals surface area contributed by atoms with Crippen molar-refractivity contribution in [2.75, 3.05) is 18.0 Å². The minimum absolute atomic E-state index is 0.0126. The highest BCUT2D eigenvalue weighted by molar-refractivity contribution is 5.93. The van der Waals surface area contributed by atoms with Gasteiger partial charge in [0.1, 0.15) is 0 Å². The number of nitrogens with one attached hydrogen (secondary N) is 1. The second-order valence-electron chi connectivity index (χ2n) is 6.13. The molecule has 3 aromatic heterocycles. The SMILES string of the molecule is O=C(NC1CCCN(c2ncccn2)C1)c1cc(-c2cccnc2)on1. The van der Waals surface area contributed by atoms with E-state index in [0.29, 0.717) is 18.3 Å². The van der Waals surface area contributed by atoms with Gasteiger partial charge in [-0.3, -0.25) is 9.78 Å². The Morgan fingerprint density at radius 3 is 2.92 bits per heavy atom. The van der Waals surface area contributed by atoms with Crippen LogP contribution in [0.3, 0.4) is 0 Å². The molecule has 1 fully saturated rings. The van der Waals surface area contributed by atoms with E-state index in [0.717, 1.165) is 24.9 Å². The quantitative estimate of drug-likeness (QED) is 0.768. The number of rotatable bonds is 4. The fourth-order valence-electron chi connectivity index (χ4n) is 3.02. The van der Waals surface area contributed by atoms with Crippen molar-refractivity contribution in [3.05, 3.63) is 54.7 Å². The Kier molecular flexibility index (Phi) is 4.55. The number of hydrogen-bond acceptors (Lipinski definition) is 7. The number of piperidine rings is 1. The molecule has 0 aromatic carbocycles. The van der Waals surface area contributed by atoms with Gasteiger partial charge in [-0.15, -0.1) is 0 Å². The molecule has 4 rings (SSSR count). The third-order valence-electron chi connectivity index (χ3n) is 4.28. The highest BCUT2D eigenvalue weighted by atomic mass is 16.5. The Labute approximate surface area is 150 Å². The zero-order chi connectivity index (χ0) is 17.8. The first-order valence-electron chi connectivity index (χ1n) is 8.49. The Balaban J connectivity index is 1.41. The second kappa shape index (κ2) is 7.30. The van der Waals surface area contributed by atoms with Crippen LogP contribution >= 0.6 is 0 Å². The maximum absolute atomic E-state index is 12.5. The molecule has 0 spiro atoms. The summed E-state index contributed by atoms with van der Waals surface area (Å²) in [5, 5.41) is 6.91. The van der Waals surface area contributed by atoms with E-state index in [1.54, 1.807) is 43.0 Å². The first-order chi connectivity index (χ1) is 12.8. The van der Waals surface area contributed by atoms with Gasteiger partial charge in [0.2, 0.25) is 5.95 Å². The maximum atomic E-state index is 12.5. The molecule has 26 heavy (non-hydrogen) atoms. The van der Waals surface area contributed by atoms with Crippen molar-refractivity contribution >= 4 is 11.9 Å². The Bertz CT molecular complexity index is 868. The van der Waals surface area contributed by atoms with Crippen LogP contribution in [0.1, 0.15) is 23.3 Å². The van der Waals surface area contributed by atoms with Gasteiger partial charge in [0.25, 0.3) is 5.91 Å². The van der Waals surface area contributed by atoms with Crippen LogP contribution in [0.2, 0.25) is 0 Å². The third-order valence-corrected chi connectivity index (χ3v) is 4.28. The Morgan fingerprint density at radius 2 is 2.12 bits per heavy atom. The molecular weight excluding hydrogens is 332 g/mol. The number of carbonyl (C=O) groups excluding carboxylic acids is 1. The fourth-order valence-corrected chi connectivity index (χ4v) is 3.02. The van der Waals surface area contributed by atoms with Gasteiger partial charge >= 0.3 is 0 Å². The number of aromatic nitrogens is 4. The summed E-state index contributed by atoms with van der Waals surface area (Å²) in [6, 6.07) is 7.09. The van der Waals surface area contributed by atoms with Gasteiger partial charge < -0.3 is 14.7 Å². The Morgan fingerprint density at radius 1 is 1.23 bits per heavy atom. The van der Waals surface area contributed by atoms with E-state index in [-0.39, 0.29) is 17.6 Å². The minimum atomic E-state index is -0.246. The zero-order valence-corrected chi connectivity index (χ0v) is 14.1. The summed E-state index contributed by atoms with van der Waals surface area (Å²) in [5.41, 5.74) is 1.04. The van der Waals surface area contributed by atoms with Gasteiger partial charge in [0.05, 0.1) is 0 Å². The molecule has 0 saturated carbocycles. The van der Waals surface area contributed by atoms with E-state index in [2.05, 4.69) is 30.3 Å². The third kappa shape index (κ3) is 3.53. The summed E-state index contributed by atoms with van der Waals surface area (Å²) in [6.45, 7) is 1.55. The molecule has 1 amide bonds. The van der Waals surface area contributed by atoms with Crippen LogP contribution in [0.4, 0.5) is 5.95 Å². The predicted octanol–water partition coefficient (Wildman–Crippen LogP) is 1.93. The Hall–Kier alpha value is -3.29. The molecule has 0 radical (unpaired) electrons. The van der Waals surface area contributed by atoms with E-state index in [1.165, 1.54) is 0 Å². The number of hydrogen-bond donors (Lipinski definition) is 1. The molecule has 1 aliphatic heterocycles. The molecule has 132 valence electrons. The molecule has 4 heterocycles. The van der Waals surface area contributed by atoms with Gasteiger partial charge in [-0.25, -0.2) is 9.97 Å². The molecule has 1 atom stereocenters. The van der Waals surface area contributed by atoms with E-state index >= 15 is 0 Å². The van der Waals surface area contributed by atoms with Crippen LogP contribution in [-0.4, -0.2) is 45.1 Å². The smallest absolute Gasteiger partial charge is 0.273 e. The van der Waals surface area contributed by atoms with Crippen molar-refractivity contribution in [1.82, 2.24) is 25.4 Å². The van der Waals surface area contributed by atoms with Crippen LogP contribution in [0, 0.1) is 0 Å². The molecule has 1 aliphatic rings. The largest absolute Gasteiger partial charge is 0.355 e. The van der Waals surface area contributed by atoms with Gasteiger partial charge in [-0.2, -0.15) is 0 Å². The summed E-state index contributed by atoms with van der Waals surface area (Å²) in [5.74, 6) is 0.961. The molecule has 8 nitrogen and oxygen atoms in total. The molecule has 3 aromatic rings. The molecule has 8 heteroatoms. The first kappa shape index (κ1) is 16.2. The van der Waals surface area contributed by atoms with Crippen LogP contribution in [0.25, 0.3) is 11.3 Å². The topological polar surface area (TPSA) is 97.0 Å². The number of nitrogens with zero attached hydrogens (tertiary/aromatic N) is 5. The number of carbonyl (C=O) groups is 1. The predicted molar refractivity (Wildman–Crippen MR) is 94.5 cm³/mol.